The van der Waals surface area contributed by atoms with Crippen LogP contribution in [0.4, 0.5) is 64.1 Å². The van der Waals surface area contributed by atoms with Gasteiger partial charge in [0.15, 0.2) is 11.4 Å². The molecule has 2 aliphatic heterocycles. The standard InChI is InChI=1S/2C24H22F6N4O4/c2*1-13-7-5-6-10-17(35)22(24(28,29)30,36-12-14-8-3-2-4-9-14)21-34-33-20(38-21)18-16(31)11-15(23(25,26)27)19(32-18)37-13/h2*2-4,6,8-11,13,17,35H,5,7,12,31H2,1H3/t2*13-,17?,22?/m11/s1. The number of allylic oxidation sites excluding steroid dienone is 2. The number of halogens is 12. The number of alkyl halides is 12. The van der Waals surface area contributed by atoms with Gasteiger partial charge < -0.3 is 49.5 Å². The van der Waals surface area contributed by atoms with Crippen LogP contribution in [0.25, 0.3) is 23.2 Å². The number of benzene rings is 2. The number of fused-ring (bicyclic) bond motifs is 10. The lowest BCUT2D eigenvalue weighted by molar-refractivity contribution is -0.320. The summed E-state index contributed by atoms with van der Waals surface area (Å²) >= 11 is 0. The Morgan fingerprint density at radius 2 is 0.921 bits per heavy atom. The van der Waals surface area contributed by atoms with Crippen LogP contribution in [0, 0.1) is 0 Å². The highest BCUT2D eigenvalue weighted by Crippen LogP contribution is 2.49. The largest absolute Gasteiger partial charge is 0.474 e. The number of ether oxygens (including phenoxy) is 4. The number of nitrogens with zero attached hydrogens (tertiary/aromatic N) is 6. The third-order valence-electron chi connectivity index (χ3n) is 11.6. The second-order valence-electron chi connectivity index (χ2n) is 17.2. The van der Waals surface area contributed by atoms with Gasteiger partial charge in [0.25, 0.3) is 34.8 Å². The molecule has 6 aromatic rings. The molecule has 6 atom stereocenters. The summed E-state index contributed by atoms with van der Waals surface area (Å²) in [6, 6.07) is 16.8. The number of pyridine rings is 2. The molecule has 0 saturated heterocycles. The van der Waals surface area contributed by atoms with Crippen LogP contribution in [0.3, 0.4) is 0 Å². The Morgan fingerprint density at radius 1 is 0.566 bits per heavy atom. The predicted molar refractivity (Wildman–Crippen MR) is 241 cm³/mol. The molecule has 6 heterocycles. The number of nitrogen functional groups attached to an aromatic ring is 2. The van der Waals surface area contributed by atoms with Gasteiger partial charge in [0.1, 0.15) is 23.3 Å². The van der Waals surface area contributed by atoms with Crippen LogP contribution in [0.2, 0.25) is 0 Å². The van der Waals surface area contributed by atoms with Crippen LogP contribution in [0.5, 0.6) is 11.8 Å². The average molecular weight is 1090 g/mol. The van der Waals surface area contributed by atoms with Crippen molar-refractivity contribution in [1.82, 2.24) is 30.4 Å². The van der Waals surface area contributed by atoms with Crippen molar-refractivity contribution < 1.29 is 90.7 Å². The van der Waals surface area contributed by atoms with Gasteiger partial charge in [0.2, 0.25) is 11.8 Å². The maximum atomic E-state index is 14.7. The number of aromatic nitrogens is 6. The number of hydrogen-bond donors (Lipinski definition) is 4. The zero-order chi connectivity index (χ0) is 55.4. The lowest BCUT2D eigenvalue weighted by Crippen LogP contribution is -2.53. The molecule has 408 valence electrons. The Hall–Kier alpha value is -7.30. The van der Waals surface area contributed by atoms with E-state index in [9.17, 15) is 62.9 Å². The van der Waals surface area contributed by atoms with Crippen LogP contribution in [-0.4, -0.2) is 77.3 Å². The van der Waals surface area contributed by atoms with Crippen molar-refractivity contribution in [3.8, 4) is 34.9 Å². The summed E-state index contributed by atoms with van der Waals surface area (Å²) in [4.78, 5) is 7.56. The van der Waals surface area contributed by atoms with Gasteiger partial charge in [0, 0.05) is 0 Å². The average Bonchev–Trinajstić information content (AvgIpc) is 4.05. The van der Waals surface area contributed by atoms with Crippen molar-refractivity contribution in [3.63, 3.8) is 0 Å². The van der Waals surface area contributed by atoms with E-state index in [2.05, 4.69) is 30.4 Å². The minimum absolute atomic E-state index is 0.0448. The molecule has 0 aliphatic carbocycles. The van der Waals surface area contributed by atoms with Gasteiger partial charge in [-0.25, -0.2) is 9.97 Å². The molecular weight excluding hydrogens is 1040 g/mol. The van der Waals surface area contributed by atoms with Crippen molar-refractivity contribution in [2.24, 2.45) is 0 Å². The third kappa shape index (κ3) is 12.0. The summed E-state index contributed by atoms with van der Waals surface area (Å²) in [5.41, 5.74) is 0.375. The maximum Gasteiger partial charge on any atom is 0.429 e. The first-order valence-electron chi connectivity index (χ1n) is 22.6. The van der Waals surface area contributed by atoms with Crippen LogP contribution in [-0.2, 0) is 46.2 Å². The van der Waals surface area contributed by atoms with Crippen LogP contribution in [0.1, 0.15) is 73.6 Å². The fourth-order valence-corrected chi connectivity index (χ4v) is 7.60. The molecule has 4 unspecified atom stereocenters. The lowest BCUT2D eigenvalue weighted by Gasteiger charge is -2.35. The first-order valence-corrected chi connectivity index (χ1v) is 22.6. The van der Waals surface area contributed by atoms with E-state index in [4.69, 9.17) is 39.2 Å². The number of aliphatic hydroxyl groups excluding tert-OH is 2. The molecule has 2 aromatic carbocycles. The molecule has 0 fully saturated rings. The van der Waals surface area contributed by atoms with Gasteiger partial charge in [-0.1, -0.05) is 85.0 Å². The highest BCUT2D eigenvalue weighted by atomic mass is 19.4. The van der Waals surface area contributed by atoms with E-state index < -0.39 is 143 Å². The molecular formula is C48H44F12N8O8. The molecule has 2 aliphatic rings. The fraction of sp³-hybridized carbons (Fsp3) is 0.375. The van der Waals surface area contributed by atoms with E-state index in [0.29, 0.717) is 23.3 Å². The Bertz CT molecular complexity index is 2790. The number of aliphatic hydroxyl groups is 2. The Balaban J connectivity index is 0.000000221. The Morgan fingerprint density at radius 3 is 1.25 bits per heavy atom. The molecule has 0 amide bonds. The van der Waals surface area contributed by atoms with Crippen molar-refractivity contribution in [2.75, 3.05) is 11.5 Å². The number of nitrogens with two attached hydrogens (primary N) is 2. The molecule has 4 aromatic heterocycles. The molecule has 0 spiro atoms. The zero-order valence-electron chi connectivity index (χ0n) is 39.5. The van der Waals surface area contributed by atoms with Gasteiger partial charge in [0.05, 0.1) is 36.8 Å². The van der Waals surface area contributed by atoms with Crippen LogP contribution < -0.4 is 20.9 Å². The first kappa shape index (κ1) is 56.4. The zero-order valence-corrected chi connectivity index (χ0v) is 39.5. The van der Waals surface area contributed by atoms with Crippen LogP contribution in [0.15, 0.2) is 106 Å². The van der Waals surface area contributed by atoms with E-state index in [1.807, 2.05) is 0 Å². The second-order valence-corrected chi connectivity index (χ2v) is 17.2. The summed E-state index contributed by atoms with van der Waals surface area (Å²) in [6.07, 6.45) is -22.3. The molecule has 6 N–H and O–H groups in total. The fourth-order valence-electron chi connectivity index (χ4n) is 7.60. The van der Waals surface area contributed by atoms with Crippen molar-refractivity contribution in [1.29, 1.82) is 0 Å². The highest BCUT2D eigenvalue weighted by molar-refractivity contribution is 5.69. The Labute approximate surface area is 422 Å². The van der Waals surface area contributed by atoms with Crippen molar-refractivity contribution >= 4 is 11.4 Å². The highest BCUT2D eigenvalue weighted by Gasteiger charge is 2.67. The first-order chi connectivity index (χ1) is 35.7. The van der Waals surface area contributed by atoms with Crippen LogP contribution >= 0.6 is 0 Å². The van der Waals surface area contributed by atoms with Gasteiger partial charge >= 0.3 is 24.7 Å². The normalized spacial score (nSPS) is 22.5. The minimum Gasteiger partial charge on any atom is -0.474 e. The molecule has 16 nitrogen and oxygen atoms in total. The smallest absolute Gasteiger partial charge is 0.429 e. The SMILES string of the molecule is C[C@@H]1CCC=CC(O)C(OCc2ccccc2)(C(F)(F)F)c2nnc(o2)-c2nc(c(C(F)(F)F)cc2N)O1.C[C@@H]1CCC=CC(O)C(OCc2ccccc2)(C(F)(F)F)c2nnc(o2)-c2nc(c(C(F)(F)F)cc2N)O1. The number of hydrogen-bond acceptors (Lipinski definition) is 16. The lowest BCUT2D eigenvalue weighted by atomic mass is 9.94. The number of anilines is 2. The molecule has 28 heteroatoms. The molecule has 8 rings (SSSR count). The second kappa shape index (κ2) is 22.1. The monoisotopic (exact) mass is 1090 g/mol. The summed E-state index contributed by atoms with van der Waals surface area (Å²) in [5, 5.41) is 35.6. The Kier molecular flexibility index (Phi) is 16.4. The maximum absolute atomic E-state index is 14.7. The third-order valence-corrected chi connectivity index (χ3v) is 11.6. The van der Waals surface area contributed by atoms with Gasteiger partial charge in [-0.3, -0.25) is 0 Å². The van der Waals surface area contributed by atoms with Gasteiger partial charge in [-0.2, -0.15) is 52.7 Å². The van der Waals surface area contributed by atoms with E-state index in [1.54, 1.807) is 36.4 Å². The topological polar surface area (TPSA) is 233 Å². The van der Waals surface area contributed by atoms with E-state index in [-0.39, 0.29) is 25.7 Å². The summed E-state index contributed by atoms with van der Waals surface area (Å²) < 4.78 is 202. The van der Waals surface area contributed by atoms with Gasteiger partial charge in [-0.15, -0.1) is 20.4 Å². The van der Waals surface area contributed by atoms with E-state index in [0.717, 1.165) is 12.2 Å². The van der Waals surface area contributed by atoms with E-state index >= 15 is 0 Å². The van der Waals surface area contributed by atoms with Crippen molar-refractivity contribution in [3.05, 3.63) is 131 Å². The van der Waals surface area contributed by atoms with Gasteiger partial charge in [-0.05, 0) is 62.8 Å². The molecule has 76 heavy (non-hydrogen) atoms. The minimum atomic E-state index is -5.28. The quantitative estimate of drug-likeness (QED) is 0.0897. The van der Waals surface area contributed by atoms with Crippen molar-refractivity contribution in [2.45, 2.75) is 113 Å². The molecule has 0 radical (unpaired) electrons. The predicted octanol–water partition coefficient (Wildman–Crippen LogP) is 10.4. The van der Waals surface area contributed by atoms with E-state index in [1.165, 1.54) is 50.3 Å². The molecule has 0 saturated carbocycles. The molecule has 8 bridgehead atoms. The number of rotatable bonds is 6. The summed E-state index contributed by atoms with van der Waals surface area (Å²) in [7, 11) is 0. The summed E-state index contributed by atoms with van der Waals surface area (Å²) in [6.45, 7) is 1.72. The summed E-state index contributed by atoms with van der Waals surface area (Å²) in [5.74, 6) is -5.54.